The molecule has 0 saturated carbocycles. The van der Waals surface area contributed by atoms with E-state index in [9.17, 15) is 9.59 Å². The number of hydrogen-bond acceptors (Lipinski definition) is 4. The van der Waals surface area contributed by atoms with Gasteiger partial charge in [-0.1, -0.05) is 37.1 Å². The third kappa shape index (κ3) is 3.90. The van der Waals surface area contributed by atoms with E-state index in [1.807, 2.05) is 19.1 Å². The lowest BCUT2D eigenvalue weighted by Crippen LogP contribution is -2.62. The summed E-state index contributed by atoms with van der Waals surface area (Å²) in [6.07, 6.45) is 3.34. The highest BCUT2D eigenvalue weighted by Crippen LogP contribution is 2.36. The number of benzene rings is 1. The molecule has 3 rings (SSSR count). The van der Waals surface area contributed by atoms with Crippen LogP contribution in [0.2, 0.25) is 5.02 Å². The zero-order valence-electron chi connectivity index (χ0n) is 15.4. The van der Waals surface area contributed by atoms with E-state index in [1.54, 1.807) is 35.4 Å². The van der Waals surface area contributed by atoms with E-state index in [4.69, 9.17) is 16.3 Å². The van der Waals surface area contributed by atoms with Crippen molar-refractivity contribution in [1.29, 1.82) is 0 Å². The van der Waals surface area contributed by atoms with Crippen LogP contribution in [0.1, 0.15) is 32.3 Å². The van der Waals surface area contributed by atoms with Crippen molar-refractivity contribution in [2.45, 2.75) is 38.8 Å². The Morgan fingerprint density at radius 3 is 2.74 bits per heavy atom. The maximum absolute atomic E-state index is 13.1. The summed E-state index contributed by atoms with van der Waals surface area (Å²) >= 11 is 5.88. The summed E-state index contributed by atoms with van der Waals surface area (Å²) in [5.74, 6) is -0.00881. The Morgan fingerprint density at radius 1 is 1.30 bits per heavy atom. The molecule has 7 heteroatoms. The normalized spacial score (nSPS) is 18.6. The predicted octanol–water partition coefficient (Wildman–Crippen LogP) is 3.34. The number of amides is 2. The van der Waals surface area contributed by atoms with Gasteiger partial charge < -0.3 is 10.1 Å². The number of ether oxygens (including phenoxy) is 1. The molecule has 2 heterocycles. The molecule has 1 aliphatic rings. The van der Waals surface area contributed by atoms with Crippen LogP contribution in [0, 0.1) is 0 Å². The fourth-order valence-electron chi connectivity index (χ4n) is 2.90. The Bertz CT molecular complexity index is 841. The number of aromatic nitrogens is 1. The van der Waals surface area contributed by atoms with Gasteiger partial charge in [0.25, 0.3) is 17.4 Å². The number of hydrogen-bond donors (Lipinski definition) is 1. The summed E-state index contributed by atoms with van der Waals surface area (Å²) in [4.78, 5) is 31.8. The van der Waals surface area contributed by atoms with Crippen LogP contribution in [0.3, 0.4) is 0 Å². The molecule has 0 aliphatic carbocycles. The summed E-state index contributed by atoms with van der Waals surface area (Å²) in [5, 5.41) is 3.42. The van der Waals surface area contributed by atoms with Gasteiger partial charge in [0.1, 0.15) is 0 Å². The quantitative estimate of drug-likeness (QED) is 0.772. The van der Waals surface area contributed by atoms with Gasteiger partial charge in [-0.05, 0) is 43.2 Å². The summed E-state index contributed by atoms with van der Waals surface area (Å²) < 4.78 is 5.82. The molecule has 27 heavy (non-hydrogen) atoms. The Hall–Kier alpha value is -2.60. The molecule has 1 unspecified atom stereocenters. The lowest BCUT2D eigenvalue weighted by atomic mass is 10.0. The van der Waals surface area contributed by atoms with E-state index in [2.05, 4.69) is 10.3 Å². The van der Waals surface area contributed by atoms with Crippen molar-refractivity contribution in [2.75, 3.05) is 11.4 Å². The van der Waals surface area contributed by atoms with Gasteiger partial charge in [-0.15, -0.1) is 0 Å². The maximum atomic E-state index is 13.1. The Balaban J connectivity index is 1.81. The van der Waals surface area contributed by atoms with Crippen LogP contribution >= 0.6 is 11.6 Å². The SMILES string of the molecule is CCCCN1C(=O)C(C)(C(=O)NCc2ccc(Cl)cc2)Oc2cccnc21. The lowest BCUT2D eigenvalue weighted by molar-refractivity contribution is -0.148. The van der Waals surface area contributed by atoms with E-state index in [-0.39, 0.29) is 6.54 Å². The molecular formula is C20H22ClN3O3. The average Bonchev–Trinajstić information content (AvgIpc) is 2.67. The Morgan fingerprint density at radius 2 is 2.04 bits per heavy atom. The maximum Gasteiger partial charge on any atom is 0.282 e. The molecule has 0 spiro atoms. The molecule has 1 N–H and O–H groups in total. The van der Waals surface area contributed by atoms with Crippen LogP contribution in [0.25, 0.3) is 0 Å². The lowest BCUT2D eigenvalue weighted by Gasteiger charge is -2.38. The number of rotatable bonds is 6. The largest absolute Gasteiger partial charge is 0.464 e. The van der Waals surface area contributed by atoms with Crippen LogP contribution in [0.15, 0.2) is 42.6 Å². The summed E-state index contributed by atoms with van der Waals surface area (Å²) in [5.41, 5.74) is -0.763. The topological polar surface area (TPSA) is 71.5 Å². The number of fused-ring (bicyclic) bond motifs is 1. The van der Waals surface area contributed by atoms with Crippen LogP contribution in [0.5, 0.6) is 5.75 Å². The number of carbonyl (C=O) groups excluding carboxylic acids is 2. The number of nitrogens with one attached hydrogen (secondary N) is 1. The van der Waals surface area contributed by atoms with E-state index in [1.165, 1.54) is 6.92 Å². The monoisotopic (exact) mass is 387 g/mol. The van der Waals surface area contributed by atoms with Gasteiger partial charge in [-0.25, -0.2) is 4.98 Å². The number of unbranched alkanes of at least 4 members (excludes halogenated alkanes) is 1. The minimum atomic E-state index is -1.64. The third-order valence-electron chi connectivity index (χ3n) is 4.51. The highest BCUT2D eigenvalue weighted by atomic mass is 35.5. The highest BCUT2D eigenvalue weighted by molar-refractivity contribution is 6.30. The van der Waals surface area contributed by atoms with Gasteiger partial charge in [0.15, 0.2) is 11.6 Å². The fraction of sp³-hybridized carbons (Fsp3) is 0.350. The molecule has 0 saturated heterocycles. The predicted molar refractivity (Wildman–Crippen MR) is 104 cm³/mol. The molecule has 1 atom stereocenters. The zero-order valence-corrected chi connectivity index (χ0v) is 16.1. The molecule has 0 bridgehead atoms. The van der Waals surface area contributed by atoms with Crippen molar-refractivity contribution >= 4 is 29.2 Å². The third-order valence-corrected chi connectivity index (χ3v) is 4.76. The van der Waals surface area contributed by atoms with E-state index in [0.717, 1.165) is 18.4 Å². The number of anilines is 1. The zero-order chi connectivity index (χ0) is 19.4. The number of halogens is 1. The summed E-state index contributed by atoms with van der Waals surface area (Å²) in [7, 11) is 0. The second kappa shape index (κ2) is 7.96. The Labute approximate surface area is 163 Å². The molecule has 1 aromatic carbocycles. The van der Waals surface area contributed by atoms with Crippen molar-refractivity contribution in [1.82, 2.24) is 10.3 Å². The van der Waals surface area contributed by atoms with Crippen LogP contribution in [-0.2, 0) is 16.1 Å². The molecule has 6 nitrogen and oxygen atoms in total. The minimum absolute atomic E-state index is 0.275. The highest BCUT2D eigenvalue weighted by Gasteiger charge is 2.50. The van der Waals surface area contributed by atoms with Gasteiger partial charge in [-0.2, -0.15) is 0 Å². The van der Waals surface area contributed by atoms with Crippen LogP contribution < -0.4 is 15.0 Å². The van der Waals surface area contributed by atoms with Gasteiger partial charge >= 0.3 is 0 Å². The van der Waals surface area contributed by atoms with Gasteiger partial charge in [0.05, 0.1) is 0 Å². The average molecular weight is 388 g/mol. The molecule has 0 radical (unpaired) electrons. The number of pyridine rings is 1. The van der Waals surface area contributed by atoms with Gasteiger partial charge in [0, 0.05) is 24.3 Å². The fourth-order valence-corrected chi connectivity index (χ4v) is 3.03. The molecular weight excluding hydrogens is 366 g/mol. The molecule has 1 aliphatic heterocycles. The van der Waals surface area contributed by atoms with E-state index in [0.29, 0.717) is 23.1 Å². The molecule has 2 amide bonds. The molecule has 1 aromatic heterocycles. The molecule has 0 fully saturated rings. The number of carbonyl (C=O) groups is 2. The van der Waals surface area contributed by atoms with Crippen molar-refractivity contribution in [3.05, 3.63) is 53.2 Å². The first kappa shape index (κ1) is 19.2. The Kier molecular flexibility index (Phi) is 5.65. The first-order chi connectivity index (χ1) is 13.0. The second-order valence-electron chi connectivity index (χ2n) is 6.58. The first-order valence-corrected chi connectivity index (χ1v) is 9.32. The van der Waals surface area contributed by atoms with Crippen LogP contribution in [-0.4, -0.2) is 28.9 Å². The molecule has 2 aromatic rings. The minimum Gasteiger partial charge on any atom is -0.464 e. The standard InChI is InChI=1S/C20H22ClN3O3/c1-3-4-12-24-17-16(6-5-11-22-17)27-20(2,19(24)26)18(25)23-13-14-7-9-15(21)10-8-14/h5-11H,3-4,12-13H2,1-2H3,(H,23,25). The summed E-state index contributed by atoms with van der Waals surface area (Å²) in [6.45, 7) is 4.31. The van der Waals surface area contributed by atoms with E-state index >= 15 is 0 Å². The second-order valence-corrected chi connectivity index (χ2v) is 7.02. The van der Waals surface area contributed by atoms with Gasteiger partial charge in [-0.3, -0.25) is 14.5 Å². The first-order valence-electron chi connectivity index (χ1n) is 8.94. The van der Waals surface area contributed by atoms with Crippen LogP contribution in [0.4, 0.5) is 5.82 Å². The van der Waals surface area contributed by atoms with E-state index < -0.39 is 17.4 Å². The number of nitrogens with zero attached hydrogens (tertiary/aromatic N) is 2. The van der Waals surface area contributed by atoms with Gasteiger partial charge in [0.2, 0.25) is 0 Å². The van der Waals surface area contributed by atoms with Crippen molar-refractivity contribution in [3.63, 3.8) is 0 Å². The molecule has 142 valence electrons. The van der Waals surface area contributed by atoms with Crippen molar-refractivity contribution in [2.24, 2.45) is 0 Å². The van der Waals surface area contributed by atoms with Crippen molar-refractivity contribution < 1.29 is 14.3 Å². The smallest absolute Gasteiger partial charge is 0.282 e. The van der Waals surface area contributed by atoms with Crippen molar-refractivity contribution in [3.8, 4) is 5.75 Å². The summed E-state index contributed by atoms with van der Waals surface area (Å²) in [6, 6.07) is 10.6.